The van der Waals surface area contributed by atoms with Gasteiger partial charge in [0.25, 0.3) is 5.56 Å². The maximum absolute atomic E-state index is 12.3. The van der Waals surface area contributed by atoms with Crippen LogP contribution in [0.4, 0.5) is 0 Å². The van der Waals surface area contributed by atoms with Crippen LogP contribution < -0.4 is 19.8 Å². The second kappa shape index (κ2) is 7.36. The minimum Gasteiger partial charge on any atom is -0.497 e. The number of aromatic nitrogens is 4. The lowest BCUT2D eigenvalue weighted by atomic mass is 10.1. The molecule has 0 unspecified atom stereocenters. The van der Waals surface area contributed by atoms with Crippen LogP contribution in [-0.2, 0) is 6.54 Å². The summed E-state index contributed by atoms with van der Waals surface area (Å²) in [6.45, 7) is 0.243. The summed E-state index contributed by atoms with van der Waals surface area (Å²) in [6.07, 6.45) is 0. The Bertz CT molecular complexity index is 1280. The molecular weight excluding hydrogens is 388 g/mol. The zero-order valence-electron chi connectivity index (χ0n) is 15.9. The van der Waals surface area contributed by atoms with Crippen molar-refractivity contribution >= 4 is 0 Å². The van der Waals surface area contributed by atoms with E-state index in [1.807, 2.05) is 36.4 Å². The lowest BCUT2D eigenvalue weighted by molar-refractivity contribution is 0.174. The minimum absolute atomic E-state index is 0.0498. The van der Waals surface area contributed by atoms with Crippen molar-refractivity contribution in [3.05, 3.63) is 70.8 Å². The molecular formula is C21H16N4O5. The summed E-state index contributed by atoms with van der Waals surface area (Å²) in [5.74, 6) is 2.69. The fourth-order valence-corrected chi connectivity index (χ4v) is 3.10. The number of hydrogen-bond donors (Lipinski definition) is 0. The molecule has 0 amide bonds. The lowest BCUT2D eigenvalue weighted by Crippen LogP contribution is -2.23. The molecule has 0 saturated carbocycles. The van der Waals surface area contributed by atoms with E-state index < -0.39 is 0 Å². The normalized spacial score (nSPS) is 12.2. The van der Waals surface area contributed by atoms with Gasteiger partial charge in [0, 0.05) is 17.2 Å². The van der Waals surface area contributed by atoms with Crippen molar-refractivity contribution in [1.29, 1.82) is 0 Å². The Morgan fingerprint density at radius 2 is 1.93 bits per heavy atom. The van der Waals surface area contributed by atoms with Gasteiger partial charge in [-0.1, -0.05) is 17.3 Å². The number of nitrogens with zero attached hydrogens (tertiary/aromatic N) is 4. The third-order valence-electron chi connectivity index (χ3n) is 4.62. The largest absolute Gasteiger partial charge is 0.497 e. The highest BCUT2D eigenvalue weighted by molar-refractivity contribution is 5.64. The van der Waals surface area contributed by atoms with Gasteiger partial charge in [0.1, 0.15) is 12.3 Å². The molecule has 0 saturated heterocycles. The molecule has 1 aliphatic heterocycles. The summed E-state index contributed by atoms with van der Waals surface area (Å²) < 4.78 is 22.6. The highest BCUT2D eigenvalue weighted by atomic mass is 16.7. The van der Waals surface area contributed by atoms with Gasteiger partial charge in [0.2, 0.25) is 18.5 Å². The van der Waals surface area contributed by atoms with Crippen LogP contribution in [-0.4, -0.2) is 33.8 Å². The molecule has 0 bridgehead atoms. The summed E-state index contributed by atoms with van der Waals surface area (Å²) in [5.41, 5.74) is 1.88. The molecule has 0 spiro atoms. The van der Waals surface area contributed by atoms with Crippen molar-refractivity contribution in [2.75, 3.05) is 13.9 Å². The Balaban J connectivity index is 1.42. The molecule has 0 N–H and O–H groups in total. The van der Waals surface area contributed by atoms with E-state index in [9.17, 15) is 4.79 Å². The van der Waals surface area contributed by atoms with Crippen molar-refractivity contribution in [3.63, 3.8) is 0 Å². The van der Waals surface area contributed by atoms with E-state index in [2.05, 4.69) is 15.2 Å². The summed E-state index contributed by atoms with van der Waals surface area (Å²) in [4.78, 5) is 16.7. The van der Waals surface area contributed by atoms with Gasteiger partial charge in [0.05, 0.1) is 12.8 Å². The standard InChI is InChI=1S/C21H16N4O5/c1-27-15-4-2-3-14(9-15)21-22-19(30-24-21)11-25-20(26)8-6-16(23-25)13-5-7-17-18(10-13)29-12-28-17/h2-10H,11-12H2,1H3. The van der Waals surface area contributed by atoms with Crippen LogP contribution in [0.25, 0.3) is 22.6 Å². The summed E-state index contributed by atoms with van der Waals surface area (Å²) in [7, 11) is 1.59. The Hall–Kier alpha value is -4.14. The molecule has 30 heavy (non-hydrogen) atoms. The molecule has 3 heterocycles. The minimum atomic E-state index is -0.277. The number of hydrogen-bond acceptors (Lipinski definition) is 8. The monoisotopic (exact) mass is 404 g/mol. The first-order chi connectivity index (χ1) is 14.7. The molecule has 2 aromatic heterocycles. The zero-order chi connectivity index (χ0) is 20.5. The Kier molecular flexibility index (Phi) is 4.40. The Morgan fingerprint density at radius 1 is 1.03 bits per heavy atom. The van der Waals surface area contributed by atoms with Crippen molar-refractivity contribution in [2.45, 2.75) is 6.54 Å². The van der Waals surface area contributed by atoms with Gasteiger partial charge in [-0.15, -0.1) is 0 Å². The molecule has 0 atom stereocenters. The van der Waals surface area contributed by atoms with Gasteiger partial charge in [-0.2, -0.15) is 10.1 Å². The second-order valence-electron chi connectivity index (χ2n) is 6.53. The average Bonchev–Trinajstić information content (AvgIpc) is 3.44. The van der Waals surface area contributed by atoms with E-state index in [-0.39, 0.29) is 24.8 Å². The van der Waals surface area contributed by atoms with Crippen molar-refractivity contribution in [3.8, 4) is 39.9 Å². The number of fused-ring (bicyclic) bond motifs is 1. The summed E-state index contributed by atoms with van der Waals surface area (Å²) >= 11 is 0. The first kappa shape index (κ1) is 17.9. The van der Waals surface area contributed by atoms with Crippen molar-refractivity contribution in [2.24, 2.45) is 0 Å². The fourth-order valence-electron chi connectivity index (χ4n) is 3.10. The fraction of sp³-hybridized carbons (Fsp3) is 0.143. The molecule has 9 nitrogen and oxygen atoms in total. The number of benzene rings is 2. The van der Waals surface area contributed by atoms with Crippen LogP contribution in [0.2, 0.25) is 0 Å². The second-order valence-corrected chi connectivity index (χ2v) is 6.53. The molecule has 150 valence electrons. The van der Waals surface area contributed by atoms with E-state index in [0.29, 0.717) is 28.8 Å². The van der Waals surface area contributed by atoms with E-state index in [1.54, 1.807) is 19.2 Å². The summed E-state index contributed by atoms with van der Waals surface area (Å²) in [5, 5.41) is 8.43. The molecule has 4 aromatic rings. The van der Waals surface area contributed by atoms with Crippen LogP contribution in [0, 0.1) is 0 Å². The predicted molar refractivity (Wildman–Crippen MR) is 105 cm³/mol. The number of methoxy groups -OCH3 is 1. The smallest absolute Gasteiger partial charge is 0.267 e. The zero-order valence-corrected chi connectivity index (χ0v) is 15.9. The maximum atomic E-state index is 12.3. The van der Waals surface area contributed by atoms with Crippen LogP contribution in [0.1, 0.15) is 5.89 Å². The quantitative estimate of drug-likeness (QED) is 0.500. The molecule has 0 fully saturated rings. The molecule has 0 aliphatic carbocycles. The Labute approximate surface area is 170 Å². The lowest BCUT2D eigenvalue weighted by Gasteiger charge is -2.06. The van der Waals surface area contributed by atoms with Crippen LogP contribution in [0.5, 0.6) is 17.2 Å². The van der Waals surface area contributed by atoms with E-state index in [1.165, 1.54) is 10.7 Å². The third-order valence-corrected chi connectivity index (χ3v) is 4.62. The number of rotatable bonds is 5. The van der Waals surface area contributed by atoms with Gasteiger partial charge >= 0.3 is 0 Å². The van der Waals surface area contributed by atoms with Crippen molar-refractivity contribution < 1.29 is 18.7 Å². The molecule has 5 rings (SSSR count). The highest BCUT2D eigenvalue weighted by Crippen LogP contribution is 2.35. The van der Waals surface area contributed by atoms with Gasteiger partial charge in [-0.05, 0) is 36.4 Å². The van der Waals surface area contributed by atoms with Crippen LogP contribution in [0.15, 0.2) is 63.9 Å². The summed E-state index contributed by atoms with van der Waals surface area (Å²) in [6, 6.07) is 15.9. The maximum Gasteiger partial charge on any atom is 0.267 e. The van der Waals surface area contributed by atoms with Gasteiger partial charge in [-0.25, -0.2) is 4.68 Å². The molecule has 9 heteroatoms. The van der Waals surface area contributed by atoms with Crippen LogP contribution in [0.3, 0.4) is 0 Å². The van der Waals surface area contributed by atoms with E-state index in [4.69, 9.17) is 18.7 Å². The van der Waals surface area contributed by atoms with Crippen LogP contribution >= 0.6 is 0 Å². The van der Waals surface area contributed by atoms with Gasteiger partial charge in [-0.3, -0.25) is 4.79 Å². The first-order valence-electron chi connectivity index (χ1n) is 9.15. The average molecular weight is 404 g/mol. The topological polar surface area (TPSA) is 102 Å². The first-order valence-corrected chi connectivity index (χ1v) is 9.15. The third kappa shape index (κ3) is 3.37. The van der Waals surface area contributed by atoms with E-state index >= 15 is 0 Å². The number of ether oxygens (including phenoxy) is 3. The molecule has 0 radical (unpaired) electrons. The van der Waals surface area contributed by atoms with Gasteiger partial charge < -0.3 is 18.7 Å². The highest BCUT2D eigenvalue weighted by Gasteiger charge is 2.16. The van der Waals surface area contributed by atoms with Crippen molar-refractivity contribution in [1.82, 2.24) is 19.9 Å². The Morgan fingerprint density at radius 3 is 2.83 bits per heavy atom. The SMILES string of the molecule is COc1cccc(-c2noc(Cn3nc(-c4ccc5c(c4)OCO5)ccc3=O)n2)c1. The van der Waals surface area contributed by atoms with Gasteiger partial charge in [0.15, 0.2) is 11.5 Å². The van der Waals surface area contributed by atoms with E-state index in [0.717, 1.165) is 11.1 Å². The predicted octanol–water partition coefficient (Wildman–Crippen LogP) is 2.75. The molecule has 2 aromatic carbocycles. The molecule has 1 aliphatic rings.